The molecule has 2 amide bonds. The molecule has 26 heavy (non-hydrogen) atoms. The first-order chi connectivity index (χ1) is 12.3. The predicted molar refractivity (Wildman–Crippen MR) is 101 cm³/mol. The van der Waals surface area contributed by atoms with E-state index in [4.69, 9.17) is 11.6 Å². The zero-order chi connectivity index (χ0) is 18.9. The van der Waals surface area contributed by atoms with Gasteiger partial charge in [-0.3, -0.25) is 9.59 Å². The van der Waals surface area contributed by atoms with Gasteiger partial charge in [0.15, 0.2) is 0 Å². The molecule has 7 nitrogen and oxygen atoms in total. The minimum Gasteiger partial charge on any atom is -0.326 e. The Labute approximate surface area is 160 Å². The van der Waals surface area contributed by atoms with Gasteiger partial charge in [0.25, 0.3) is 10.0 Å². The summed E-state index contributed by atoms with van der Waals surface area (Å²) >= 11 is 6.72. The summed E-state index contributed by atoms with van der Waals surface area (Å²) in [6.07, 6.45) is 0.993. The maximum atomic E-state index is 12.4. The van der Waals surface area contributed by atoms with Gasteiger partial charge < -0.3 is 10.6 Å². The van der Waals surface area contributed by atoms with Gasteiger partial charge in [-0.05, 0) is 42.3 Å². The van der Waals surface area contributed by atoms with Gasteiger partial charge in [-0.15, -0.1) is 11.3 Å². The summed E-state index contributed by atoms with van der Waals surface area (Å²) in [5.41, 5.74) is 2.21. The monoisotopic (exact) mass is 413 g/mol. The average Bonchev–Trinajstić information content (AvgIpc) is 3.02. The summed E-state index contributed by atoms with van der Waals surface area (Å²) in [6, 6.07) is 8.07. The summed E-state index contributed by atoms with van der Waals surface area (Å²) < 4.78 is 26.3. The van der Waals surface area contributed by atoms with E-state index >= 15 is 0 Å². The molecule has 0 radical (unpaired) electrons. The molecule has 0 unspecified atom stereocenters. The number of hydrogen-bond donors (Lipinski definition) is 2. The van der Waals surface area contributed by atoms with Crippen molar-refractivity contribution in [2.24, 2.45) is 0 Å². The lowest BCUT2D eigenvalue weighted by molar-refractivity contribution is -0.117. The fourth-order valence-corrected chi connectivity index (χ4v) is 5.36. The van der Waals surface area contributed by atoms with Gasteiger partial charge in [-0.1, -0.05) is 11.6 Å². The van der Waals surface area contributed by atoms with Crippen LogP contribution in [0.1, 0.15) is 12.0 Å². The summed E-state index contributed by atoms with van der Waals surface area (Å²) in [5.74, 6) is -0.492. The van der Waals surface area contributed by atoms with Crippen molar-refractivity contribution in [3.8, 4) is 0 Å². The summed E-state index contributed by atoms with van der Waals surface area (Å²) in [4.78, 5) is 23.6. The predicted octanol–water partition coefficient (Wildman–Crippen LogP) is 2.55. The molecule has 1 aliphatic heterocycles. The van der Waals surface area contributed by atoms with E-state index < -0.39 is 15.9 Å². The molecule has 10 heteroatoms. The van der Waals surface area contributed by atoms with Crippen LogP contribution in [0.4, 0.5) is 11.4 Å². The SMILES string of the molecule is CN(CC(=O)Nc1ccc2c(c1)CCC(=O)N2)S(=O)(=O)c1ccc(Cl)s1. The molecule has 0 spiro atoms. The Morgan fingerprint density at radius 3 is 2.77 bits per heavy atom. The molecule has 1 aromatic carbocycles. The topological polar surface area (TPSA) is 95.6 Å². The summed E-state index contributed by atoms with van der Waals surface area (Å²) in [7, 11) is -2.43. The first-order valence-corrected chi connectivity index (χ1v) is 10.3. The van der Waals surface area contributed by atoms with Gasteiger partial charge in [0.2, 0.25) is 11.8 Å². The molecule has 2 N–H and O–H groups in total. The number of anilines is 2. The molecule has 0 aliphatic carbocycles. The van der Waals surface area contributed by atoms with E-state index in [1.165, 1.54) is 19.2 Å². The Morgan fingerprint density at radius 2 is 2.08 bits per heavy atom. The van der Waals surface area contributed by atoms with E-state index in [0.29, 0.717) is 22.9 Å². The third-order valence-electron chi connectivity index (χ3n) is 3.86. The molecule has 3 rings (SSSR count). The van der Waals surface area contributed by atoms with Crippen molar-refractivity contribution >= 4 is 56.2 Å². The van der Waals surface area contributed by atoms with Crippen molar-refractivity contribution in [3.05, 3.63) is 40.2 Å². The third kappa shape index (κ3) is 4.07. The lowest BCUT2D eigenvalue weighted by Gasteiger charge is -2.19. The third-order valence-corrected chi connectivity index (χ3v) is 7.37. The van der Waals surface area contributed by atoms with Crippen LogP contribution in [0.2, 0.25) is 4.34 Å². The molecule has 0 saturated carbocycles. The second kappa shape index (κ2) is 7.36. The minimum atomic E-state index is -3.77. The maximum Gasteiger partial charge on any atom is 0.252 e. The number of carbonyl (C=O) groups excluding carboxylic acids is 2. The highest BCUT2D eigenvalue weighted by molar-refractivity contribution is 7.91. The number of fused-ring (bicyclic) bond motifs is 1. The highest BCUT2D eigenvalue weighted by Crippen LogP contribution is 2.28. The van der Waals surface area contributed by atoms with Crippen LogP contribution in [-0.2, 0) is 26.0 Å². The van der Waals surface area contributed by atoms with Crippen LogP contribution in [0.5, 0.6) is 0 Å². The number of sulfonamides is 1. The van der Waals surface area contributed by atoms with Gasteiger partial charge >= 0.3 is 0 Å². The molecule has 0 fully saturated rings. The fraction of sp³-hybridized carbons (Fsp3) is 0.250. The molecular weight excluding hydrogens is 398 g/mol. The number of amides is 2. The molecule has 0 saturated heterocycles. The lowest BCUT2D eigenvalue weighted by Crippen LogP contribution is -2.34. The number of thiophene rings is 1. The van der Waals surface area contributed by atoms with Crippen LogP contribution < -0.4 is 10.6 Å². The Bertz CT molecular complexity index is 972. The molecule has 2 heterocycles. The van der Waals surface area contributed by atoms with Crippen LogP contribution in [0.15, 0.2) is 34.5 Å². The molecule has 0 atom stereocenters. The number of aryl methyl sites for hydroxylation is 1. The molecule has 1 aromatic heterocycles. The average molecular weight is 414 g/mol. The first kappa shape index (κ1) is 18.8. The normalized spacial score (nSPS) is 14.0. The lowest BCUT2D eigenvalue weighted by atomic mass is 10.0. The van der Waals surface area contributed by atoms with Gasteiger partial charge in [-0.25, -0.2) is 8.42 Å². The standard InChI is InChI=1S/C16H16ClN3O4S2/c1-20(26(23,24)16-7-5-13(17)25-16)9-15(22)18-11-3-4-12-10(8-11)2-6-14(21)19-12/h3-5,7-8H,2,6,9H2,1H3,(H,18,22)(H,19,21). The summed E-state index contributed by atoms with van der Waals surface area (Å²) in [6.45, 7) is -0.328. The highest BCUT2D eigenvalue weighted by Gasteiger charge is 2.25. The maximum absolute atomic E-state index is 12.4. The van der Waals surface area contributed by atoms with E-state index in [1.807, 2.05) is 0 Å². The second-order valence-electron chi connectivity index (χ2n) is 5.79. The zero-order valence-electron chi connectivity index (χ0n) is 13.8. The Hall–Kier alpha value is -1.94. The number of likely N-dealkylation sites (N-methyl/N-ethyl adjacent to an activating group) is 1. The van der Waals surface area contributed by atoms with Crippen molar-refractivity contribution in [2.75, 3.05) is 24.2 Å². The van der Waals surface area contributed by atoms with Crippen molar-refractivity contribution in [3.63, 3.8) is 0 Å². The molecule has 0 bridgehead atoms. The minimum absolute atomic E-state index is 0.0326. The van der Waals surface area contributed by atoms with E-state index in [-0.39, 0.29) is 16.7 Å². The molecule has 1 aliphatic rings. The van der Waals surface area contributed by atoms with Crippen molar-refractivity contribution in [1.29, 1.82) is 0 Å². The van der Waals surface area contributed by atoms with E-state index in [9.17, 15) is 18.0 Å². The van der Waals surface area contributed by atoms with E-state index in [0.717, 1.165) is 26.9 Å². The molecule has 2 aromatic rings. The first-order valence-electron chi connectivity index (χ1n) is 7.70. The Balaban J connectivity index is 1.66. The van der Waals surface area contributed by atoms with E-state index in [1.54, 1.807) is 18.2 Å². The van der Waals surface area contributed by atoms with Gasteiger partial charge in [0.1, 0.15) is 4.21 Å². The largest absolute Gasteiger partial charge is 0.326 e. The number of nitrogens with one attached hydrogen (secondary N) is 2. The quantitative estimate of drug-likeness (QED) is 0.787. The van der Waals surface area contributed by atoms with Crippen LogP contribution in [0.25, 0.3) is 0 Å². The smallest absolute Gasteiger partial charge is 0.252 e. The number of hydrogen-bond acceptors (Lipinski definition) is 5. The molecule has 138 valence electrons. The van der Waals surface area contributed by atoms with Crippen molar-refractivity contribution in [2.45, 2.75) is 17.1 Å². The van der Waals surface area contributed by atoms with Crippen molar-refractivity contribution < 1.29 is 18.0 Å². The number of nitrogens with zero attached hydrogens (tertiary/aromatic N) is 1. The van der Waals surface area contributed by atoms with Crippen molar-refractivity contribution in [1.82, 2.24) is 4.31 Å². The second-order valence-corrected chi connectivity index (χ2v) is 9.77. The van der Waals surface area contributed by atoms with Crippen LogP contribution in [-0.4, -0.2) is 38.1 Å². The Morgan fingerprint density at radius 1 is 1.31 bits per heavy atom. The van der Waals surface area contributed by atoms with Gasteiger partial charge in [-0.2, -0.15) is 4.31 Å². The van der Waals surface area contributed by atoms with Crippen LogP contribution >= 0.6 is 22.9 Å². The van der Waals surface area contributed by atoms with Gasteiger partial charge in [0, 0.05) is 24.8 Å². The number of rotatable bonds is 5. The van der Waals surface area contributed by atoms with Crippen LogP contribution in [0, 0.1) is 0 Å². The van der Waals surface area contributed by atoms with E-state index in [2.05, 4.69) is 10.6 Å². The number of benzene rings is 1. The number of halogens is 1. The summed E-state index contributed by atoms with van der Waals surface area (Å²) in [5, 5.41) is 5.45. The zero-order valence-corrected chi connectivity index (χ0v) is 16.2. The van der Waals surface area contributed by atoms with Crippen LogP contribution in [0.3, 0.4) is 0 Å². The van der Waals surface area contributed by atoms with Gasteiger partial charge in [0.05, 0.1) is 10.9 Å². The fourth-order valence-electron chi connectivity index (χ4n) is 2.54. The highest BCUT2D eigenvalue weighted by atomic mass is 35.5. The Kier molecular flexibility index (Phi) is 5.33. The number of carbonyl (C=O) groups is 2. The molecular formula is C16H16ClN3O4S2.